The molecule has 0 bridgehead atoms. The van der Waals surface area contributed by atoms with Crippen LogP contribution in [0.25, 0.3) is 5.65 Å². The lowest BCUT2D eigenvalue weighted by molar-refractivity contribution is 0.255. The van der Waals surface area contributed by atoms with Crippen LogP contribution in [0.4, 0.5) is 5.82 Å². The Hall–Kier alpha value is -1.80. The molecule has 8 nitrogen and oxygen atoms in total. The van der Waals surface area contributed by atoms with E-state index in [2.05, 4.69) is 37.2 Å². The van der Waals surface area contributed by atoms with Crippen molar-refractivity contribution in [2.24, 2.45) is 11.7 Å². The van der Waals surface area contributed by atoms with Gasteiger partial charge in [-0.25, -0.2) is 0 Å². The molecule has 0 radical (unpaired) electrons. The fourth-order valence-electron chi connectivity index (χ4n) is 2.78. The number of anilines is 1. The standard InChI is InChI=1S/C13H22N8/c1-11(7-14)10-19-3-2-4-20(6-5-19)13-9-15-8-12-16-17-18-21(12)13/h8-9,11H,2-7,10,14H2,1H3. The minimum Gasteiger partial charge on any atom is -0.354 e. The lowest BCUT2D eigenvalue weighted by atomic mass is 10.1. The zero-order valence-corrected chi connectivity index (χ0v) is 12.4. The van der Waals surface area contributed by atoms with Crippen molar-refractivity contribution in [1.29, 1.82) is 0 Å². The van der Waals surface area contributed by atoms with E-state index in [0.717, 1.165) is 51.5 Å². The first kappa shape index (κ1) is 14.2. The summed E-state index contributed by atoms with van der Waals surface area (Å²) in [6, 6.07) is 0. The van der Waals surface area contributed by atoms with E-state index in [1.54, 1.807) is 10.7 Å². The van der Waals surface area contributed by atoms with Crippen molar-refractivity contribution in [3.63, 3.8) is 0 Å². The van der Waals surface area contributed by atoms with Crippen LogP contribution in [0.2, 0.25) is 0 Å². The lowest BCUT2D eigenvalue weighted by Crippen LogP contribution is -2.35. The largest absolute Gasteiger partial charge is 0.354 e. The van der Waals surface area contributed by atoms with E-state index in [1.807, 2.05) is 6.20 Å². The van der Waals surface area contributed by atoms with Gasteiger partial charge in [-0.15, -0.1) is 5.10 Å². The van der Waals surface area contributed by atoms with Crippen molar-refractivity contribution in [2.75, 3.05) is 44.2 Å². The monoisotopic (exact) mass is 290 g/mol. The molecule has 0 aromatic carbocycles. The zero-order valence-electron chi connectivity index (χ0n) is 12.4. The first-order chi connectivity index (χ1) is 10.3. The number of aromatic nitrogens is 5. The van der Waals surface area contributed by atoms with Gasteiger partial charge in [0.25, 0.3) is 0 Å². The van der Waals surface area contributed by atoms with Gasteiger partial charge in [-0.2, -0.15) is 4.52 Å². The van der Waals surface area contributed by atoms with Gasteiger partial charge in [0.1, 0.15) is 0 Å². The van der Waals surface area contributed by atoms with Gasteiger partial charge in [-0.3, -0.25) is 4.98 Å². The topological polar surface area (TPSA) is 88.5 Å². The summed E-state index contributed by atoms with van der Waals surface area (Å²) in [6.45, 7) is 8.11. The smallest absolute Gasteiger partial charge is 0.199 e. The predicted octanol–water partition coefficient (Wildman–Crippen LogP) is -0.374. The van der Waals surface area contributed by atoms with Crippen molar-refractivity contribution in [2.45, 2.75) is 13.3 Å². The van der Waals surface area contributed by atoms with Crippen molar-refractivity contribution in [3.05, 3.63) is 12.4 Å². The second-order valence-electron chi connectivity index (χ2n) is 5.70. The number of tetrazole rings is 1. The molecular weight excluding hydrogens is 268 g/mol. The molecular formula is C13H22N8. The quantitative estimate of drug-likeness (QED) is 0.821. The average molecular weight is 290 g/mol. The Balaban J connectivity index is 1.71. The van der Waals surface area contributed by atoms with E-state index in [-0.39, 0.29) is 0 Å². The molecule has 1 aliphatic rings. The molecule has 2 N–H and O–H groups in total. The molecule has 0 spiro atoms. The fraction of sp³-hybridized carbons (Fsp3) is 0.692. The Bertz CT molecular complexity index is 582. The number of rotatable bonds is 4. The van der Waals surface area contributed by atoms with E-state index in [0.29, 0.717) is 11.6 Å². The molecule has 1 aliphatic heterocycles. The highest BCUT2D eigenvalue weighted by Crippen LogP contribution is 2.16. The van der Waals surface area contributed by atoms with Gasteiger partial charge in [0.15, 0.2) is 11.5 Å². The maximum atomic E-state index is 5.73. The summed E-state index contributed by atoms with van der Waals surface area (Å²) in [5.74, 6) is 1.51. The summed E-state index contributed by atoms with van der Waals surface area (Å²) >= 11 is 0. The van der Waals surface area contributed by atoms with Gasteiger partial charge in [-0.1, -0.05) is 6.92 Å². The van der Waals surface area contributed by atoms with E-state index >= 15 is 0 Å². The minimum absolute atomic E-state index is 0.543. The Morgan fingerprint density at radius 1 is 1.24 bits per heavy atom. The zero-order chi connectivity index (χ0) is 14.7. The van der Waals surface area contributed by atoms with Crippen LogP contribution in [-0.4, -0.2) is 69.2 Å². The van der Waals surface area contributed by atoms with Crippen LogP contribution in [0.15, 0.2) is 12.4 Å². The van der Waals surface area contributed by atoms with Gasteiger partial charge in [0.2, 0.25) is 0 Å². The molecule has 1 fully saturated rings. The van der Waals surface area contributed by atoms with Crippen molar-refractivity contribution in [3.8, 4) is 0 Å². The highest BCUT2D eigenvalue weighted by atomic mass is 15.5. The molecule has 3 rings (SSSR count). The molecule has 8 heteroatoms. The predicted molar refractivity (Wildman–Crippen MR) is 80.1 cm³/mol. The molecule has 0 amide bonds. The summed E-state index contributed by atoms with van der Waals surface area (Å²) in [4.78, 5) is 9.04. The molecule has 1 unspecified atom stereocenters. The van der Waals surface area contributed by atoms with Gasteiger partial charge >= 0.3 is 0 Å². The Morgan fingerprint density at radius 2 is 2.14 bits per heavy atom. The molecule has 0 saturated carbocycles. The maximum absolute atomic E-state index is 5.73. The van der Waals surface area contributed by atoms with Gasteiger partial charge in [0.05, 0.1) is 12.4 Å². The molecule has 21 heavy (non-hydrogen) atoms. The van der Waals surface area contributed by atoms with Crippen LogP contribution in [0.5, 0.6) is 0 Å². The summed E-state index contributed by atoms with van der Waals surface area (Å²) < 4.78 is 1.76. The van der Waals surface area contributed by atoms with Crippen molar-refractivity contribution in [1.82, 2.24) is 29.9 Å². The lowest BCUT2D eigenvalue weighted by Gasteiger charge is -2.24. The second kappa shape index (κ2) is 6.31. The maximum Gasteiger partial charge on any atom is 0.199 e. The van der Waals surface area contributed by atoms with Crippen LogP contribution < -0.4 is 10.6 Å². The van der Waals surface area contributed by atoms with Gasteiger partial charge in [-0.05, 0) is 35.9 Å². The molecule has 2 aromatic rings. The second-order valence-corrected chi connectivity index (χ2v) is 5.70. The third kappa shape index (κ3) is 3.11. The van der Waals surface area contributed by atoms with Crippen LogP contribution in [-0.2, 0) is 0 Å². The summed E-state index contributed by atoms with van der Waals surface area (Å²) in [7, 11) is 0. The first-order valence-electron chi connectivity index (χ1n) is 7.47. The van der Waals surface area contributed by atoms with Crippen molar-refractivity contribution >= 4 is 11.5 Å². The highest BCUT2D eigenvalue weighted by Gasteiger charge is 2.19. The van der Waals surface area contributed by atoms with E-state index in [4.69, 9.17) is 5.73 Å². The highest BCUT2D eigenvalue weighted by molar-refractivity contribution is 5.46. The van der Waals surface area contributed by atoms with E-state index < -0.39 is 0 Å². The summed E-state index contributed by atoms with van der Waals surface area (Å²) in [6.07, 6.45) is 4.63. The molecule has 1 atom stereocenters. The van der Waals surface area contributed by atoms with Crippen LogP contribution in [0.1, 0.15) is 13.3 Å². The third-order valence-corrected chi connectivity index (χ3v) is 3.98. The van der Waals surface area contributed by atoms with Gasteiger partial charge in [0, 0.05) is 26.2 Å². The Labute approximate surface area is 123 Å². The molecule has 0 aliphatic carbocycles. The SMILES string of the molecule is CC(CN)CN1CCCN(c2cncc3nnnn23)CC1. The average Bonchev–Trinajstić information content (AvgIpc) is 2.87. The summed E-state index contributed by atoms with van der Waals surface area (Å²) in [5.41, 5.74) is 6.41. The van der Waals surface area contributed by atoms with E-state index in [1.165, 1.54) is 0 Å². The number of hydrogen-bond donors (Lipinski definition) is 1. The van der Waals surface area contributed by atoms with Crippen molar-refractivity contribution < 1.29 is 0 Å². The third-order valence-electron chi connectivity index (χ3n) is 3.98. The number of hydrogen-bond acceptors (Lipinski definition) is 7. The summed E-state index contributed by atoms with van der Waals surface area (Å²) in [5, 5.41) is 11.7. The van der Waals surface area contributed by atoms with Gasteiger partial charge < -0.3 is 15.5 Å². The normalized spacial score (nSPS) is 18.9. The molecule has 1 saturated heterocycles. The van der Waals surface area contributed by atoms with Crippen LogP contribution >= 0.6 is 0 Å². The minimum atomic E-state index is 0.543. The van der Waals surface area contributed by atoms with Crippen LogP contribution in [0, 0.1) is 5.92 Å². The Morgan fingerprint density at radius 3 is 3.00 bits per heavy atom. The number of fused-ring (bicyclic) bond motifs is 1. The van der Waals surface area contributed by atoms with E-state index in [9.17, 15) is 0 Å². The fourth-order valence-corrected chi connectivity index (χ4v) is 2.78. The van der Waals surface area contributed by atoms with Crippen LogP contribution in [0.3, 0.4) is 0 Å². The number of nitrogens with two attached hydrogens (primary N) is 1. The molecule has 3 heterocycles. The molecule has 114 valence electrons. The first-order valence-corrected chi connectivity index (χ1v) is 7.47. The number of nitrogens with zero attached hydrogens (tertiary/aromatic N) is 7. The Kier molecular flexibility index (Phi) is 4.26. The molecule has 2 aromatic heterocycles.